The van der Waals surface area contributed by atoms with Crippen molar-refractivity contribution in [2.24, 2.45) is 7.05 Å². The van der Waals surface area contributed by atoms with Gasteiger partial charge in [-0.3, -0.25) is 0 Å². The molecule has 0 aliphatic rings. The van der Waals surface area contributed by atoms with Gasteiger partial charge in [0.05, 0.1) is 16.4 Å². The first-order valence-electron chi connectivity index (χ1n) is 9.11. The van der Waals surface area contributed by atoms with E-state index in [4.69, 9.17) is 0 Å². The molecule has 0 spiro atoms. The normalized spacial score (nSPS) is 12.4. The summed E-state index contributed by atoms with van der Waals surface area (Å²) < 4.78 is 4.75. The van der Waals surface area contributed by atoms with Crippen molar-refractivity contribution in [3.63, 3.8) is 0 Å². The maximum absolute atomic E-state index is 2.47. The minimum Gasteiger partial charge on any atom is -0.303 e. The van der Waals surface area contributed by atoms with Crippen LogP contribution in [0.1, 0.15) is 11.1 Å². The molecule has 6 aromatic rings. The Balaban J connectivity index is 2.15. The van der Waals surface area contributed by atoms with E-state index in [-0.39, 0.29) is 0 Å². The second kappa shape index (κ2) is 4.53. The molecule has 6 rings (SSSR count). The molecule has 0 unspecified atom stereocenters. The van der Waals surface area contributed by atoms with Crippen LogP contribution in [0.25, 0.3) is 49.0 Å². The number of rotatable bonds is 0. The Bertz CT molecular complexity index is 1500. The standard InChI is InChI=1S/C24H19N2/c1-14-7-10-19-18(13-14)17-11-12-25(3)24-21-15(2)8-9-16-5-4-6-20(22(16)21)26(19)23(17)24/h4-13H,1-3H3/q+1. The van der Waals surface area contributed by atoms with Crippen molar-refractivity contribution in [1.29, 1.82) is 0 Å². The van der Waals surface area contributed by atoms with Gasteiger partial charge < -0.3 is 4.40 Å². The van der Waals surface area contributed by atoms with E-state index in [1.54, 1.807) is 0 Å². The summed E-state index contributed by atoms with van der Waals surface area (Å²) in [5, 5.41) is 6.71. The van der Waals surface area contributed by atoms with Crippen LogP contribution in [0.4, 0.5) is 0 Å². The third-order valence-corrected chi connectivity index (χ3v) is 5.91. The summed E-state index contributed by atoms with van der Waals surface area (Å²) in [5.41, 5.74) is 7.86. The largest absolute Gasteiger partial charge is 0.303 e. The topological polar surface area (TPSA) is 8.29 Å². The highest BCUT2D eigenvalue weighted by Gasteiger charge is 2.23. The van der Waals surface area contributed by atoms with E-state index in [0.29, 0.717) is 0 Å². The van der Waals surface area contributed by atoms with Crippen LogP contribution < -0.4 is 4.57 Å². The van der Waals surface area contributed by atoms with Crippen molar-refractivity contribution in [2.45, 2.75) is 13.8 Å². The lowest BCUT2D eigenvalue weighted by atomic mass is 9.98. The van der Waals surface area contributed by atoms with E-state index in [1.165, 1.54) is 60.1 Å². The molecule has 0 aliphatic carbocycles. The highest BCUT2D eigenvalue weighted by molar-refractivity contribution is 6.25. The molecule has 3 aromatic heterocycles. The number of aromatic nitrogens is 2. The second-order valence-corrected chi connectivity index (χ2v) is 7.53. The second-order valence-electron chi connectivity index (χ2n) is 7.53. The van der Waals surface area contributed by atoms with Crippen molar-refractivity contribution >= 4 is 49.0 Å². The molecule has 26 heavy (non-hydrogen) atoms. The number of hydrogen-bond acceptors (Lipinski definition) is 0. The van der Waals surface area contributed by atoms with Crippen LogP contribution in [0.15, 0.2) is 60.8 Å². The monoisotopic (exact) mass is 335 g/mol. The number of pyridine rings is 2. The lowest BCUT2D eigenvalue weighted by Gasteiger charge is -2.12. The molecule has 124 valence electrons. The summed E-state index contributed by atoms with van der Waals surface area (Å²) in [4.78, 5) is 0. The van der Waals surface area contributed by atoms with Gasteiger partial charge in [0.1, 0.15) is 12.6 Å². The first-order chi connectivity index (χ1) is 12.6. The predicted octanol–water partition coefficient (Wildman–Crippen LogP) is 5.43. The third kappa shape index (κ3) is 1.51. The molecule has 0 saturated carbocycles. The van der Waals surface area contributed by atoms with Gasteiger partial charge in [-0.2, -0.15) is 4.57 Å². The summed E-state index contributed by atoms with van der Waals surface area (Å²) in [7, 11) is 2.16. The molecule has 0 fully saturated rings. The molecule has 2 heteroatoms. The Morgan fingerprint density at radius 2 is 1.69 bits per heavy atom. The van der Waals surface area contributed by atoms with Crippen molar-refractivity contribution < 1.29 is 4.57 Å². The molecule has 3 aromatic carbocycles. The fraction of sp³-hybridized carbons (Fsp3) is 0.125. The van der Waals surface area contributed by atoms with Crippen LogP contribution in [-0.4, -0.2) is 4.40 Å². The molecule has 0 atom stereocenters. The summed E-state index contributed by atoms with van der Waals surface area (Å²) in [6, 6.07) is 20.2. The van der Waals surface area contributed by atoms with E-state index < -0.39 is 0 Å². The molecule has 0 amide bonds. The zero-order valence-corrected chi connectivity index (χ0v) is 15.2. The number of nitrogens with zero attached hydrogens (tertiary/aromatic N) is 2. The van der Waals surface area contributed by atoms with Gasteiger partial charge in [0.2, 0.25) is 5.52 Å². The predicted molar refractivity (Wildman–Crippen MR) is 109 cm³/mol. The quantitative estimate of drug-likeness (QED) is 0.199. The summed E-state index contributed by atoms with van der Waals surface area (Å²) >= 11 is 0. The van der Waals surface area contributed by atoms with Crippen molar-refractivity contribution in [3.05, 3.63) is 71.9 Å². The van der Waals surface area contributed by atoms with Crippen LogP contribution in [0.3, 0.4) is 0 Å². The molecule has 0 N–H and O–H groups in total. The van der Waals surface area contributed by atoms with Crippen LogP contribution >= 0.6 is 0 Å². The average Bonchev–Trinajstić information content (AvgIpc) is 2.96. The van der Waals surface area contributed by atoms with Gasteiger partial charge in [-0.05, 0) is 43.0 Å². The molecule has 0 aliphatic heterocycles. The van der Waals surface area contributed by atoms with E-state index in [9.17, 15) is 0 Å². The highest BCUT2D eigenvalue weighted by atomic mass is 15.0. The maximum atomic E-state index is 2.47. The Morgan fingerprint density at radius 3 is 2.58 bits per heavy atom. The number of hydrogen-bond donors (Lipinski definition) is 0. The van der Waals surface area contributed by atoms with Crippen molar-refractivity contribution in [2.75, 3.05) is 0 Å². The SMILES string of the molecule is Cc1ccc2c(c1)c1cc[n+](C)c3c4c(C)ccc5cccc(c54)n2c13. The van der Waals surface area contributed by atoms with Crippen LogP contribution in [0.5, 0.6) is 0 Å². The van der Waals surface area contributed by atoms with Gasteiger partial charge in [-0.25, -0.2) is 0 Å². The molecule has 0 radical (unpaired) electrons. The zero-order chi connectivity index (χ0) is 17.6. The number of aryl methyl sites for hydroxylation is 3. The highest BCUT2D eigenvalue weighted by Crippen LogP contribution is 2.40. The van der Waals surface area contributed by atoms with Crippen LogP contribution in [0.2, 0.25) is 0 Å². The smallest absolute Gasteiger partial charge is 0.238 e. The third-order valence-electron chi connectivity index (χ3n) is 5.91. The minimum atomic E-state index is 1.29. The molecule has 0 saturated heterocycles. The zero-order valence-electron chi connectivity index (χ0n) is 15.2. The van der Waals surface area contributed by atoms with E-state index >= 15 is 0 Å². The van der Waals surface area contributed by atoms with Crippen molar-refractivity contribution in [1.82, 2.24) is 4.40 Å². The fourth-order valence-electron chi connectivity index (χ4n) is 4.76. The Kier molecular flexibility index (Phi) is 2.45. The molecule has 2 nitrogen and oxygen atoms in total. The Labute approximate surface area is 151 Å². The Morgan fingerprint density at radius 1 is 0.808 bits per heavy atom. The lowest BCUT2D eigenvalue weighted by molar-refractivity contribution is -0.644. The fourth-order valence-corrected chi connectivity index (χ4v) is 4.76. The molecule has 0 bridgehead atoms. The van der Waals surface area contributed by atoms with Gasteiger partial charge in [-0.1, -0.05) is 35.9 Å². The van der Waals surface area contributed by atoms with Gasteiger partial charge >= 0.3 is 0 Å². The van der Waals surface area contributed by atoms with Gasteiger partial charge in [0.15, 0.2) is 6.20 Å². The van der Waals surface area contributed by atoms with E-state index in [1.807, 2.05) is 0 Å². The van der Waals surface area contributed by atoms with E-state index in [0.717, 1.165) is 0 Å². The van der Waals surface area contributed by atoms with Crippen LogP contribution in [0, 0.1) is 13.8 Å². The number of benzene rings is 3. The molecular weight excluding hydrogens is 316 g/mol. The van der Waals surface area contributed by atoms with Crippen LogP contribution in [-0.2, 0) is 7.05 Å². The first kappa shape index (κ1) is 14.1. The summed E-state index contributed by atoms with van der Waals surface area (Å²) in [6.07, 6.45) is 2.20. The van der Waals surface area contributed by atoms with Gasteiger partial charge in [-0.15, -0.1) is 0 Å². The number of fused-ring (bicyclic) bond motifs is 5. The molecule has 3 heterocycles. The van der Waals surface area contributed by atoms with Gasteiger partial charge in [0.25, 0.3) is 0 Å². The maximum Gasteiger partial charge on any atom is 0.238 e. The average molecular weight is 335 g/mol. The van der Waals surface area contributed by atoms with Gasteiger partial charge in [0, 0.05) is 22.2 Å². The minimum absolute atomic E-state index is 1.29. The lowest BCUT2D eigenvalue weighted by Crippen LogP contribution is -2.28. The van der Waals surface area contributed by atoms with E-state index in [2.05, 4.69) is 90.7 Å². The Hall–Kier alpha value is -3.13. The van der Waals surface area contributed by atoms with Crippen molar-refractivity contribution in [3.8, 4) is 0 Å². The molecular formula is C24H19N2+. The summed E-state index contributed by atoms with van der Waals surface area (Å²) in [5.74, 6) is 0. The first-order valence-corrected chi connectivity index (χ1v) is 9.11. The summed E-state index contributed by atoms with van der Waals surface area (Å²) in [6.45, 7) is 4.40.